The molecule has 4 aromatic carbocycles. The molecule has 19 heteroatoms. The lowest BCUT2D eigenvalue weighted by atomic mass is 9.77. The molecule has 2 saturated carbocycles. The van der Waals surface area contributed by atoms with Gasteiger partial charge in [0.05, 0.1) is 34.7 Å². The van der Waals surface area contributed by atoms with Gasteiger partial charge in [-0.25, -0.2) is 9.59 Å². The van der Waals surface area contributed by atoms with Crippen LogP contribution in [-0.2, 0) is 17.1 Å². The Labute approximate surface area is 359 Å². The predicted molar refractivity (Wildman–Crippen MR) is 221 cm³/mol. The number of benzene rings is 4. The zero-order chi connectivity index (χ0) is 46.9. The summed E-state index contributed by atoms with van der Waals surface area (Å²) >= 11 is 0. The van der Waals surface area contributed by atoms with Gasteiger partial charge in [0.25, 0.3) is 0 Å². The summed E-state index contributed by atoms with van der Waals surface area (Å²) in [6.45, 7) is 5.54. The second-order valence-corrected chi connectivity index (χ2v) is 16.5. The molecular weight excluding hydrogens is 863 g/mol. The van der Waals surface area contributed by atoms with Crippen molar-refractivity contribution in [3.63, 3.8) is 0 Å². The molecule has 0 aliphatic heterocycles. The highest BCUT2D eigenvalue weighted by atomic mass is 19.4. The molecule has 0 saturated heterocycles. The number of nitrogen functional groups attached to an aromatic ring is 1. The number of aromatic amines is 2. The third kappa shape index (κ3) is 11.2. The summed E-state index contributed by atoms with van der Waals surface area (Å²) in [5.74, 6) is -1.23. The lowest BCUT2D eigenvalue weighted by Crippen LogP contribution is -2.45. The molecule has 64 heavy (non-hydrogen) atoms. The molecular formula is C45H43F9N4O6. The Kier molecular flexibility index (Phi) is 13.1. The molecule has 342 valence electrons. The van der Waals surface area contributed by atoms with Crippen molar-refractivity contribution in [3.8, 4) is 11.5 Å². The van der Waals surface area contributed by atoms with E-state index < -0.39 is 47.3 Å². The number of anilines is 2. The topological polar surface area (TPSA) is 154 Å². The molecule has 2 aromatic heterocycles. The van der Waals surface area contributed by atoms with Gasteiger partial charge in [0.1, 0.15) is 11.5 Å². The number of nitrogens with two attached hydrogens (primary N) is 1. The van der Waals surface area contributed by atoms with Crippen LogP contribution in [0.15, 0.2) is 97.3 Å². The fraction of sp³-hybridized carbons (Fsp3) is 0.333. The summed E-state index contributed by atoms with van der Waals surface area (Å²) in [5, 5.41) is 18.7. The molecule has 0 unspecified atom stereocenters. The van der Waals surface area contributed by atoms with Crippen LogP contribution in [0.2, 0.25) is 0 Å². The van der Waals surface area contributed by atoms with Crippen LogP contribution in [-0.4, -0.2) is 56.2 Å². The smallest absolute Gasteiger partial charge is 0.490 e. The molecule has 8 rings (SSSR count). The first-order valence-corrected chi connectivity index (χ1v) is 19.8. The molecule has 0 atom stereocenters. The number of amides is 1. The maximum atomic E-state index is 12.7. The molecule has 0 bridgehead atoms. The Morgan fingerprint density at radius 3 is 1.39 bits per heavy atom. The van der Waals surface area contributed by atoms with Gasteiger partial charge >= 0.3 is 30.6 Å². The van der Waals surface area contributed by atoms with Gasteiger partial charge in [-0.3, -0.25) is 4.90 Å². The van der Waals surface area contributed by atoms with Gasteiger partial charge in [-0.15, -0.1) is 0 Å². The quantitative estimate of drug-likeness (QED) is 0.0999. The second-order valence-electron chi connectivity index (χ2n) is 16.5. The van der Waals surface area contributed by atoms with E-state index in [2.05, 4.69) is 22.1 Å². The maximum absolute atomic E-state index is 12.7. The zero-order valence-electron chi connectivity index (χ0n) is 34.3. The Morgan fingerprint density at radius 2 is 1.02 bits per heavy atom. The lowest BCUT2D eigenvalue weighted by molar-refractivity contribution is -0.192. The number of rotatable bonds is 7. The summed E-state index contributed by atoms with van der Waals surface area (Å²) in [4.78, 5) is 28.4. The number of hydrogen-bond donors (Lipinski definition) is 5. The van der Waals surface area contributed by atoms with E-state index in [0.29, 0.717) is 23.1 Å². The van der Waals surface area contributed by atoms with Crippen molar-refractivity contribution in [3.05, 3.63) is 120 Å². The van der Waals surface area contributed by atoms with Crippen LogP contribution in [0.4, 0.5) is 55.7 Å². The number of nitrogens with zero attached hydrogens (tertiary/aromatic N) is 1. The zero-order valence-corrected chi connectivity index (χ0v) is 34.3. The van der Waals surface area contributed by atoms with E-state index in [1.54, 1.807) is 12.4 Å². The van der Waals surface area contributed by atoms with Crippen molar-refractivity contribution in [2.24, 2.45) is 0 Å². The van der Waals surface area contributed by atoms with Gasteiger partial charge in [0.15, 0.2) is 0 Å². The van der Waals surface area contributed by atoms with E-state index in [0.717, 1.165) is 83.0 Å². The van der Waals surface area contributed by atoms with E-state index in [1.165, 1.54) is 34.7 Å². The molecule has 2 aliphatic carbocycles. The van der Waals surface area contributed by atoms with Crippen LogP contribution >= 0.6 is 0 Å². The maximum Gasteiger partial charge on any atom is 0.490 e. The van der Waals surface area contributed by atoms with Gasteiger partial charge in [-0.05, 0) is 142 Å². The van der Waals surface area contributed by atoms with Crippen LogP contribution in [0, 0.1) is 0 Å². The third-order valence-electron chi connectivity index (χ3n) is 10.9. The highest BCUT2D eigenvalue weighted by Crippen LogP contribution is 2.43. The van der Waals surface area contributed by atoms with E-state index >= 15 is 0 Å². The highest BCUT2D eigenvalue weighted by Gasteiger charge is 2.39. The monoisotopic (exact) mass is 906 g/mol. The summed E-state index contributed by atoms with van der Waals surface area (Å²) in [6, 6.07) is 21.8. The first-order valence-electron chi connectivity index (χ1n) is 19.8. The minimum absolute atomic E-state index is 0.0287. The molecule has 6 aromatic rings. The number of H-pyrrole nitrogens is 2. The van der Waals surface area contributed by atoms with Crippen LogP contribution in [0.5, 0.6) is 11.5 Å². The second kappa shape index (κ2) is 17.9. The summed E-state index contributed by atoms with van der Waals surface area (Å²) in [5.41, 5.74) is 9.49. The fourth-order valence-corrected chi connectivity index (χ4v) is 7.43. The van der Waals surface area contributed by atoms with Crippen molar-refractivity contribution >= 4 is 45.2 Å². The SMILES string of the molecule is CC(C)(C)N(C(=O)O)c1c[nH]c2ccc([C@H]3C[C@H](Oc4ccc(C(F)(F)F)cc4)C3)cc12.Nc1c[nH]c2ccc([C@H]3C[C@H](Oc4ccc(C(F)(F)F)cc4)C3)cc12.O=C(O)C(F)(F)F. The number of carbonyl (C=O) groups is 2. The number of carboxylic acids is 1. The number of ether oxygens (including phenoxy) is 2. The summed E-state index contributed by atoms with van der Waals surface area (Å²) < 4.78 is 119. The molecule has 0 radical (unpaired) electrons. The lowest BCUT2D eigenvalue weighted by Gasteiger charge is -2.36. The Hall–Kier alpha value is -6.53. The summed E-state index contributed by atoms with van der Waals surface area (Å²) in [7, 11) is 0. The van der Waals surface area contributed by atoms with Crippen molar-refractivity contribution in [1.82, 2.24) is 9.97 Å². The average molecular weight is 907 g/mol. The Balaban J connectivity index is 0.000000189. The molecule has 6 N–H and O–H groups in total. The molecule has 10 nitrogen and oxygen atoms in total. The number of nitrogens with one attached hydrogen (secondary N) is 2. The van der Waals surface area contributed by atoms with Gasteiger partial charge in [0.2, 0.25) is 0 Å². The fourth-order valence-electron chi connectivity index (χ4n) is 7.43. The number of halogens is 9. The Bertz CT molecular complexity index is 2570. The molecule has 2 aliphatic rings. The summed E-state index contributed by atoms with van der Waals surface area (Å²) in [6.07, 6.45) is -8.15. The third-order valence-corrected chi connectivity index (χ3v) is 10.9. The first-order chi connectivity index (χ1) is 29.8. The van der Waals surface area contributed by atoms with Crippen LogP contribution in [0.3, 0.4) is 0 Å². The minimum atomic E-state index is -5.08. The normalized spacial score (nSPS) is 18.7. The van der Waals surface area contributed by atoms with Crippen molar-refractivity contribution in [2.45, 2.75) is 94.6 Å². The number of aliphatic carboxylic acids is 1. The number of hydrogen-bond acceptors (Lipinski definition) is 5. The van der Waals surface area contributed by atoms with Crippen molar-refractivity contribution in [2.75, 3.05) is 10.6 Å². The van der Waals surface area contributed by atoms with Gasteiger partial charge in [-0.2, -0.15) is 39.5 Å². The van der Waals surface area contributed by atoms with E-state index in [1.807, 2.05) is 45.0 Å². The van der Waals surface area contributed by atoms with E-state index in [9.17, 15) is 49.4 Å². The van der Waals surface area contributed by atoms with Gasteiger partial charge < -0.3 is 35.4 Å². The van der Waals surface area contributed by atoms with Gasteiger partial charge in [0, 0.05) is 39.7 Å². The largest absolute Gasteiger partial charge is 0.490 e. The average Bonchev–Trinajstić information content (AvgIpc) is 3.75. The van der Waals surface area contributed by atoms with Crippen LogP contribution in [0.25, 0.3) is 21.8 Å². The number of aromatic nitrogens is 2. The van der Waals surface area contributed by atoms with Gasteiger partial charge in [-0.1, -0.05) is 12.1 Å². The van der Waals surface area contributed by atoms with Crippen LogP contribution < -0.4 is 20.1 Å². The van der Waals surface area contributed by atoms with Crippen LogP contribution in [0.1, 0.15) is 80.5 Å². The molecule has 2 heterocycles. The van der Waals surface area contributed by atoms with Crippen molar-refractivity contribution in [1.29, 1.82) is 0 Å². The standard InChI is InChI=1S/C24H25F3N2O3.C19H17F3N2O.C2HF3O2/c1-23(2,3)29(22(30)31)21-13-28-20-9-4-14(12-19(20)21)15-10-18(11-15)32-17-7-5-16(6-8-17)24(25,26)27;20-19(21,22)13-2-4-14(5-3-13)25-15-7-12(8-15)11-1-6-18-16(9-11)17(23)10-24-18;3-2(4,5)1(6)7/h4-9,12-13,15,18,28H,10-11H2,1-3H3,(H,30,31);1-6,9-10,12,15,24H,7-8,23H2;(H,6,7)/t15-,18-;12-,15-;. The Morgan fingerprint density at radius 1 is 0.625 bits per heavy atom. The van der Waals surface area contributed by atoms with E-state index in [4.69, 9.17) is 25.1 Å². The number of carboxylic acid groups (broad SMARTS) is 2. The predicted octanol–water partition coefficient (Wildman–Crippen LogP) is 12.5. The first kappa shape index (κ1) is 47.0. The molecule has 1 amide bonds. The number of alkyl halides is 9. The van der Waals surface area contributed by atoms with Crippen molar-refractivity contribution < 1.29 is 68.8 Å². The molecule has 0 spiro atoms. The van der Waals surface area contributed by atoms with E-state index in [-0.39, 0.29) is 18.1 Å². The minimum Gasteiger partial charge on any atom is -0.490 e. The number of fused-ring (bicyclic) bond motifs is 2. The molecule has 2 fully saturated rings. The highest BCUT2D eigenvalue weighted by molar-refractivity contribution is 6.01.